The van der Waals surface area contributed by atoms with Crippen LogP contribution in [0, 0.1) is 0 Å². The number of rotatable bonds is 3. The Morgan fingerprint density at radius 3 is 2.59 bits per heavy atom. The standard InChI is InChI=1S/C15H20N6O/c1-15(2,3)20-10-11(9-13(20)22)16-14-17-18-19-21(14)12-7-5-4-6-8-12/h4-8,11H,9-10H2,1-3H3,(H,16,17,19)/t11-/m1/s1. The highest BCUT2D eigenvalue weighted by molar-refractivity contribution is 5.80. The second-order valence-electron chi connectivity index (χ2n) is 6.47. The van der Waals surface area contributed by atoms with Gasteiger partial charge in [-0.25, -0.2) is 0 Å². The van der Waals surface area contributed by atoms with Crippen molar-refractivity contribution in [2.24, 2.45) is 0 Å². The zero-order valence-corrected chi connectivity index (χ0v) is 13.0. The number of nitrogens with zero attached hydrogens (tertiary/aromatic N) is 5. The lowest BCUT2D eigenvalue weighted by atomic mass is 10.1. The first-order chi connectivity index (χ1) is 10.4. The Balaban J connectivity index is 1.76. The molecule has 2 aromatic rings. The van der Waals surface area contributed by atoms with Crippen molar-refractivity contribution in [3.8, 4) is 5.69 Å². The molecule has 1 amide bonds. The Bertz CT molecular complexity index is 660. The van der Waals surface area contributed by atoms with E-state index >= 15 is 0 Å². The van der Waals surface area contributed by atoms with Crippen LogP contribution in [-0.2, 0) is 4.79 Å². The van der Waals surface area contributed by atoms with Gasteiger partial charge in [-0.2, -0.15) is 4.68 Å². The van der Waals surface area contributed by atoms with Crippen molar-refractivity contribution in [3.05, 3.63) is 30.3 Å². The number of hydrogen-bond donors (Lipinski definition) is 1. The highest BCUT2D eigenvalue weighted by Crippen LogP contribution is 2.24. The molecule has 22 heavy (non-hydrogen) atoms. The summed E-state index contributed by atoms with van der Waals surface area (Å²) in [6.07, 6.45) is 0.457. The normalized spacial score (nSPS) is 18.8. The van der Waals surface area contributed by atoms with Gasteiger partial charge in [-0.3, -0.25) is 4.79 Å². The van der Waals surface area contributed by atoms with Crippen molar-refractivity contribution in [2.75, 3.05) is 11.9 Å². The van der Waals surface area contributed by atoms with Gasteiger partial charge in [0.1, 0.15) is 0 Å². The van der Waals surface area contributed by atoms with Gasteiger partial charge in [-0.1, -0.05) is 23.3 Å². The Hall–Kier alpha value is -2.44. The van der Waals surface area contributed by atoms with Crippen molar-refractivity contribution in [3.63, 3.8) is 0 Å². The number of tetrazole rings is 1. The van der Waals surface area contributed by atoms with Gasteiger partial charge in [0.25, 0.3) is 0 Å². The molecule has 0 bridgehead atoms. The predicted octanol–water partition coefficient (Wildman–Crippen LogP) is 1.47. The van der Waals surface area contributed by atoms with Gasteiger partial charge in [0.15, 0.2) is 0 Å². The van der Waals surface area contributed by atoms with Gasteiger partial charge in [-0.15, -0.1) is 0 Å². The number of benzene rings is 1. The van der Waals surface area contributed by atoms with Gasteiger partial charge in [0.05, 0.1) is 11.7 Å². The lowest BCUT2D eigenvalue weighted by Crippen LogP contribution is -2.43. The molecule has 1 saturated heterocycles. The highest BCUT2D eigenvalue weighted by atomic mass is 16.2. The Kier molecular flexibility index (Phi) is 3.56. The topological polar surface area (TPSA) is 75.9 Å². The summed E-state index contributed by atoms with van der Waals surface area (Å²) in [6.45, 7) is 6.79. The van der Waals surface area contributed by atoms with Crippen molar-refractivity contribution in [2.45, 2.75) is 38.8 Å². The fourth-order valence-electron chi connectivity index (χ4n) is 2.66. The maximum atomic E-state index is 12.1. The highest BCUT2D eigenvalue weighted by Gasteiger charge is 2.36. The van der Waals surface area contributed by atoms with Crippen molar-refractivity contribution >= 4 is 11.9 Å². The maximum absolute atomic E-state index is 12.1. The summed E-state index contributed by atoms with van der Waals surface area (Å²) in [5, 5.41) is 15.1. The van der Waals surface area contributed by atoms with Crippen LogP contribution in [0.15, 0.2) is 30.3 Å². The Labute approximate surface area is 129 Å². The number of carbonyl (C=O) groups is 1. The minimum Gasteiger partial charge on any atom is -0.348 e. The SMILES string of the molecule is CC(C)(C)N1C[C@H](Nc2nnnn2-c2ccccc2)CC1=O. The summed E-state index contributed by atoms with van der Waals surface area (Å²) in [7, 11) is 0. The third kappa shape index (κ3) is 2.79. The molecule has 1 aromatic carbocycles. The molecule has 1 fully saturated rings. The van der Waals surface area contributed by atoms with Crippen LogP contribution in [0.4, 0.5) is 5.95 Å². The van der Waals surface area contributed by atoms with E-state index in [1.165, 1.54) is 0 Å². The van der Waals surface area contributed by atoms with E-state index in [0.717, 1.165) is 5.69 Å². The molecule has 1 atom stereocenters. The van der Waals surface area contributed by atoms with Crippen LogP contribution in [0.5, 0.6) is 0 Å². The van der Waals surface area contributed by atoms with Crippen LogP contribution in [-0.4, -0.2) is 49.1 Å². The first-order valence-corrected chi connectivity index (χ1v) is 7.36. The number of amides is 1. The molecular weight excluding hydrogens is 280 g/mol. The molecule has 7 nitrogen and oxygen atoms in total. The number of nitrogens with one attached hydrogen (secondary N) is 1. The predicted molar refractivity (Wildman–Crippen MR) is 82.6 cm³/mol. The molecule has 7 heteroatoms. The molecule has 3 rings (SSSR count). The Morgan fingerprint density at radius 2 is 1.95 bits per heavy atom. The molecule has 0 aliphatic carbocycles. The van der Waals surface area contributed by atoms with Crippen LogP contribution in [0.25, 0.3) is 5.69 Å². The summed E-state index contributed by atoms with van der Waals surface area (Å²) in [4.78, 5) is 14.0. The fourth-order valence-corrected chi connectivity index (χ4v) is 2.66. The van der Waals surface area contributed by atoms with Crippen LogP contribution < -0.4 is 5.32 Å². The molecule has 1 aliphatic heterocycles. The van der Waals surface area contributed by atoms with Crippen LogP contribution >= 0.6 is 0 Å². The lowest BCUT2D eigenvalue weighted by Gasteiger charge is -2.32. The summed E-state index contributed by atoms with van der Waals surface area (Å²) < 4.78 is 1.64. The van der Waals surface area contributed by atoms with Gasteiger partial charge in [0.2, 0.25) is 11.9 Å². The third-order valence-electron chi connectivity index (χ3n) is 3.74. The van der Waals surface area contributed by atoms with E-state index in [2.05, 4.69) is 20.8 Å². The van der Waals surface area contributed by atoms with E-state index in [0.29, 0.717) is 18.9 Å². The van der Waals surface area contributed by atoms with Crippen LogP contribution in [0.1, 0.15) is 27.2 Å². The molecular formula is C15H20N6O. The van der Waals surface area contributed by atoms with Crippen molar-refractivity contribution in [1.82, 2.24) is 25.1 Å². The maximum Gasteiger partial charge on any atom is 0.248 e. The molecule has 1 aliphatic rings. The molecule has 1 N–H and O–H groups in total. The lowest BCUT2D eigenvalue weighted by molar-refractivity contribution is -0.131. The van der Waals surface area contributed by atoms with E-state index in [4.69, 9.17) is 0 Å². The van der Waals surface area contributed by atoms with Gasteiger partial charge < -0.3 is 10.2 Å². The number of hydrogen-bond acceptors (Lipinski definition) is 5. The monoisotopic (exact) mass is 300 g/mol. The van der Waals surface area contributed by atoms with Crippen LogP contribution in [0.3, 0.4) is 0 Å². The fraction of sp³-hybridized carbons (Fsp3) is 0.467. The van der Waals surface area contributed by atoms with E-state index in [9.17, 15) is 4.79 Å². The van der Waals surface area contributed by atoms with Crippen molar-refractivity contribution < 1.29 is 4.79 Å². The summed E-state index contributed by atoms with van der Waals surface area (Å²) in [5.74, 6) is 0.712. The number of para-hydroxylation sites is 1. The quantitative estimate of drug-likeness (QED) is 0.929. The van der Waals surface area contributed by atoms with E-state index < -0.39 is 0 Å². The average molecular weight is 300 g/mol. The second-order valence-corrected chi connectivity index (χ2v) is 6.47. The number of anilines is 1. The first kappa shape index (κ1) is 14.5. The molecule has 116 valence electrons. The molecule has 2 heterocycles. The second kappa shape index (κ2) is 5.40. The van der Waals surface area contributed by atoms with E-state index in [-0.39, 0.29) is 17.5 Å². The third-order valence-corrected chi connectivity index (χ3v) is 3.74. The van der Waals surface area contributed by atoms with Crippen LogP contribution in [0.2, 0.25) is 0 Å². The summed E-state index contributed by atoms with van der Waals surface area (Å²) >= 11 is 0. The van der Waals surface area contributed by atoms with E-state index in [1.54, 1.807) is 4.68 Å². The number of likely N-dealkylation sites (tertiary alicyclic amines) is 1. The number of aromatic nitrogens is 4. The smallest absolute Gasteiger partial charge is 0.248 e. The molecule has 0 unspecified atom stereocenters. The first-order valence-electron chi connectivity index (χ1n) is 7.36. The van der Waals surface area contributed by atoms with Crippen molar-refractivity contribution in [1.29, 1.82) is 0 Å². The minimum absolute atomic E-state index is 0.0141. The Morgan fingerprint density at radius 1 is 1.23 bits per heavy atom. The molecule has 0 spiro atoms. The largest absolute Gasteiger partial charge is 0.348 e. The van der Waals surface area contributed by atoms with Gasteiger partial charge in [0, 0.05) is 18.5 Å². The molecule has 0 radical (unpaired) electrons. The summed E-state index contributed by atoms with van der Waals surface area (Å²) in [6, 6.07) is 9.69. The average Bonchev–Trinajstić information content (AvgIpc) is 3.06. The molecule has 1 aromatic heterocycles. The van der Waals surface area contributed by atoms with E-state index in [1.807, 2.05) is 56.0 Å². The molecule has 0 saturated carbocycles. The van der Waals surface area contributed by atoms with Gasteiger partial charge in [-0.05, 0) is 43.3 Å². The zero-order valence-electron chi connectivity index (χ0n) is 13.0. The zero-order chi connectivity index (χ0) is 15.7. The number of carbonyl (C=O) groups excluding carboxylic acids is 1. The summed E-state index contributed by atoms with van der Waals surface area (Å²) in [5.41, 5.74) is 0.714. The van der Waals surface area contributed by atoms with Gasteiger partial charge >= 0.3 is 0 Å². The minimum atomic E-state index is -0.168.